The minimum Gasteiger partial charge on any atom is -0.459 e. The molecule has 0 fully saturated rings. The fourth-order valence-corrected chi connectivity index (χ4v) is 2.26. The third-order valence-electron chi connectivity index (χ3n) is 2.15. The van der Waals surface area contributed by atoms with Crippen LogP contribution in [0.25, 0.3) is 0 Å². The Morgan fingerprint density at radius 1 is 1.47 bits per heavy atom. The zero-order valence-electron chi connectivity index (χ0n) is 11.7. The number of thiazole rings is 1. The second-order valence-corrected chi connectivity index (χ2v) is 6.53. The van der Waals surface area contributed by atoms with E-state index in [0.29, 0.717) is 0 Å². The van der Waals surface area contributed by atoms with E-state index < -0.39 is 23.2 Å². The predicted molar refractivity (Wildman–Crippen MR) is 70.4 cm³/mol. The van der Waals surface area contributed by atoms with Crippen molar-refractivity contribution in [2.75, 3.05) is 0 Å². The first-order chi connectivity index (χ1) is 8.54. The molecule has 1 heterocycles. The first kappa shape index (κ1) is 15.6. The van der Waals surface area contributed by atoms with Crippen LogP contribution in [0.1, 0.15) is 51.2 Å². The van der Waals surface area contributed by atoms with Crippen LogP contribution in [0.2, 0.25) is 0 Å². The summed E-state index contributed by atoms with van der Waals surface area (Å²) in [5, 5.41) is 10.9. The van der Waals surface area contributed by atoms with Crippen LogP contribution in [0.15, 0.2) is 5.38 Å². The van der Waals surface area contributed by atoms with Crippen molar-refractivity contribution in [2.24, 2.45) is 0 Å². The Balaban J connectivity index is 2.96. The smallest absolute Gasteiger partial charge is 0.330 e. The third-order valence-corrected chi connectivity index (χ3v) is 3.06. The van der Waals surface area contributed by atoms with Crippen molar-refractivity contribution in [3.8, 4) is 6.07 Å². The molecule has 0 radical (unpaired) electrons. The van der Waals surface area contributed by atoms with Crippen molar-refractivity contribution in [2.45, 2.75) is 51.8 Å². The van der Waals surface area contributed by atoms with Gasteiger partial charge in [-0.15, -0.1) is 11.3 Å². The molecule has 1 atom stereocenters. The molecule has 0 aromatic carbocycles. The monoisotopic (exact) mass is 284 g/mol. The quantitative estimate of drug-likeness (QED) is 0.799. The lowest BCUT2D eigenvalue weighted by molar-refractivity contribution is -0.155. The predicted octanol–water partition coefficient (Wildman–Crippen LogP) is 3.30. The standard InChI is InChI=1S/C13H17FN2O2S/c1-12(2,3)18-11(17)8(6-15)10-16-9(7-19-10)13(4,5)14/h7-8H,1-5H3. The fourth-order valence-electron chi connectivity index (χ4n) is 1.26. The summed E-state index contributed by atoms with van der Waals surface area (Å²) in [6, 6.07) is 1.86. The molecule has 0 saturated carbocycles. The Labute approximate surface area is 116 Å². The van der Waals surface area contributed by atoms with Crippen LogP contribution >= 0.6 is 11.3 Å². The van der Waals surface area contributed by atoms with Gasteiger partial charge in [-0.1, -0.05) is 0 Å². The molecule has 1 unspecified atom stereocenters. The molecule has 0 aliphatic carbocycles. The topological polar surface area (TPSA) is 63.0 Å². The van der Waals surface area contributed by atoms with Crippen LogP contribution in [0.4, 0.5) is 4.39 Å². The highest BCUT2D eigenvalue weighted by molar-refractivity contribution is 7.10. The Morgan fingerprint density at radius 2 is 2.05 bits per heavy atom. The van der Waals surface area contributed by atoms with Crippen molar-refractivity contribution in [1.29, 1.82) is 5.26 Å². The minimum absolute atomic E-state index is 0.219. The van der Waals surface area contributed by atoms with Crippen molar-refractivity contribution in [1.82, 2.24) is 4.98 Å². The minimum atomic E-state index is -1.59. The van der Waals surface area contributed by atoms with Crippen LogP contribution in [-0.2, 0) is 15.2 Å². The van der Waals surface area contributed by atoms with Crippen molar-refractivity contribution >= 4 is 17.3 Å². The molecule has 6 heteroatoms. The van der Waals surface area contributed by atoms with Gasteiger partial charge in [-0.3, -0.25) is 4.79 Å². The highest BCUT2D eigenvalue weighted by Crippen LogP contribution is 2.30. The van der Waals surface area contributed by atoms with Crippen LogP contribution in [0.5, 0.6) is 0 Å². The number of ether oxygens (including phenoxy) is 1. The number of halogens is 1. The summed E-state index contributed by atoms with van der Waals surface area (Å²) in [5.41, 5.74) is -2.05. The molecule has 0 spiro atoms. The Bertz CT molecular complexity index is 506. The van der Waals surface area contributed by atoms with Gasteiger partial charge in [0.1, 0.15) is 16.3 Å². The average molecular weight is 284 g/mol. The van der Waals surface area contributed by atoms with E-state index in [1.165, 1.54) is 19.2 Å². The lowest BCUT2D eigenvalue weighted by Crippen LogP contribution is -2.27. The number of nitrogens with zero attached hydrogens (tertiary/aromatic N) is 2. The highest BCUT2D eigenvalue weighted by Gasteiger charge is 2.31. The van der Waals surface area contributed by atoms with Crippen molar-refractivity contribution in [3.63, 3.8) is 0 Å². The molecular formula is C13H17FN2O2S. The van der Waals surface area contributed by atoms with Gasteiger partial charge in [-0.05, 0) is 34.6 Å². The number of rotatable bonds is 3. The van der Waals surface area contributed by atoms with Gasteiger partial charge in [0.25, 0.3) is 0 Å². The van der Waals surface area contributed by atoms with Gasteiger partial charge in [-0.2, -0.15) is 5.26 Å². The SMILES string of the molecule is CC(C)(C)OC(=O)C(C#N)c1nc(C(C)(C)F)cs1. The molecule has 0 bridgehead atoms. The Kier molecular flexibility index (Phi) is 4.31. The molecule has 1 aromatic heterocycles. The molecular weight excluding hydrogens is 267 g/mol. The summed E-state index contributed by atoms with van der Waals surface area (Å²) >= 11 is 1.09. The maximum Gasteiger partial charge on any atom is 0.330 e. The van der Waals surface area contributed by atoms with E-state index in [2.05, 4.69) is 4.98 Å². The number of carbonyl (C=O) groups excluding carboxylic acids is 1. The van der Waals surface area contributed by atoms with Gasteiger partial charge in [-0.25, -0.2) is 9.37 Å². The van der Waals surface area contributed by atoms with E-state index in [-0.39, 0.29) is 10.7 Å². The molecule has 1 aromatic rings. The number of carbonyl (C=O) groups is 1. The number of nitriles is 1. The lowest BCUT2D eigenvalue weighted by Gasteiger charge is -2.20. The van der Waals surface area contributed by atoms with Gasteiger partial charge < -0.3 is 4.74 Å². The van der Waals surface area contributed by atoms with E-state index in [1.807, 2.05) is 6.07 Å². The number of hydrogen-bond acceptors (Lipinski definition) is 5. The maximum absolute atomic E-state index is 13.7. The summed E-state index contributed by atoms with van der Waals surface area (Å²) in [6.45, 7) is 7.91. The van der Waals surface area contributed by atoms with Gasteiger partial charge >= 0.3 is 5.97 Å². The second-order valence-electron chi connectivity index (χ2n) is 5.64. The Hall–Kier alpha value is -1.48. The number of aromatic nitrogens is 1. The Morgan fingerprint density at radius 3 is 2.42 bits per heavy atom. The van der Waals surface area contributed by atoms with Gasteiger partial charge in [0.05, 0.1) is 11.8 Å². The number of alkyl halides is 1. The molecule has 0 aliphatic rings. The van der Waals surface area contributed by atoms with Gasteiger partial charge in [0.2, 0.25) is 0 Å². The van der Waals surface area contributed by atoms with E-state index in [4.69, 9.17) is 10.00 Å². The summed E-state index contributed by atoms with van der Waals surface area (Å²) < 4.78 is 18.9. The maximum atomic E-state index is 13.7. The number of esters is 1. The van der Waals surface area contributed by atoms with Crippen molar-refractivity contribution < 1.29 is 13.9 Å². The molecule has 19 heavy (non-hydrogen) atoms. The lowest BCUT2D eigenvalue weighted by atomic mass is 10.1. The molecule has 0 saturated heterocycles. The molecule has 104 valence electrons. The first-order valence-corrected chi connectivity index (χ1v) is 6.70. The van der Waals surface area contributed by atoms with Crippen LogP contribution in [0, 0.1) is 11.3 Å². The largest absolute Gasteiger partial charge is 0.459 e. The van der Waals surface area contributed by atoms with Crippen molar-refractivity contribution in [3.05, 3.63) is 16.1 Å². The van der Waals surface area contributed by atoms with Crippen LogP contribution in [0.3, 0.4) is 0 Å². The summed E-state index contributed by atoms with van der Waals surface area (Å²) in [5.74, 6) is -1.77. The average Bonchev–Trinajstić information content (AvgIpc) is 2.64. The van der Waals surface area contributed by atoms with Gasteiger partial charge in [0, 0.05) is 5.38 Å². The number of hydrogen-bond donors (Lipinski definition) is 0. The first-order valence-electron chi connectivity index (χ1n) is 5.82. The van der Waals surface area contributed by atoms with E-state index in [1.54, 1.807) is 20.8 Å². The van der Waals surface area contributed by atoms with E-state index in [0.717, 1.165) is 11.3 Å². The summed E-state index contributed by atoms with van der Waals surface area (Å²) in [4.78, 5) is 15.9. The van der Waals surface area contributed by atoms with Gasteiger partial charge in [0.15, 0.2) is 5.92 Å². The third kappa shape index (κ3) is 4.28. The molecule has 0 N–H and O–H groups in total. The fraction of sp³-hybridized carbons (Fsp3) is 0.615. The van der Waals surface area contributed by atoms with E-state index in [9.17, 15) is 9.18 Å². The summed E-state index contributed by atoms with van der Waals surface area (Å²) in [6.07, 6.45) is 0. The van der Waals surface area contributed by atoms with Crippen LogP contribution < -0.4 is 0 Å². The molecule has 1 rings (SSSR count). The highest BCUT2D eigenvalue weighted by atomic mass is 32.1. The zero-order chi connectivity index (χ0) is 14.8. The zero-order valence-corrected chi connectivity index (χ0v) is 12.5. The molecule has 0 aliphatic heterocycles. The molecule has 4 nitrogen and oxygen atoms in total. The summed E-state index contributed by atoms with van der Waals surface area (Å²) in [7, 11) is 0. The normalized spacial score (nSPS) is 13.7. The second kappa shape index (κ2) is 5.25. The molecule has 0 amide bonds. The van der Waals surface area contributed by atoms with Crippen LogP contribution in [-0.4, -0.2) is 16.6 Å². The van der Waals surface area contributed by atoms with E-state index >= 15 is 0 Å².